The number of rotatable bonds is 3. The van der Waals surface area contributed by atoms with Crippen molar-refractivity contribution in [3.63, 3.8) is 0 Å². The number of para-hydroxylation sites is 1. The van der Waals surface area contributed by atoms with Crippen LogP contribution in [0.3, 0.4) is 0 Å². The van der Waals surface area contributed by atoms with E-state index in [9.17, 15) is 4.79 Å². The SMILES string of the molecule is Cn1c(=O)n([C@H]2C[C@H](Nc3nc4ccccc4s3)C2)c2ncncc21. The van der Waals surface area contributed by atoms with Gasteiger partial charge in [-0.1, -0.05) is 23.5 Å². The lowest BCUT2D eigenvalue weighted by molar-refractivity contribution is 0.280. The second-order valence-corrected chi connectivity index (χ2v) is 7.43. The van der Waals surface area contributed by atoms with E-state index in [4.69, 9.17) is 0 Å². The Kier molecular flexibility index (Phi) is 3.14. The zero-order valence-electron chi connectivity index (χ0n) is 13.6. The molecular weight excluding hydrogens is 336 g/mol. The molecule has 0 aliphatic heterocycles. The van der Waals surface area contributed by atoms with Crippen LogP contribution in [0.4, 0.5) is 5.13 Å². The van der Waals surface area contributed by atoms with Gasteiger partial charge in [-0.2, -0.15) is 0 Å². The molecule has 0 spiro atoms. The van der Waals surface area contributed by atoms with Crippen molar-refractivity contribution in [1.82, 2.24) is 24.1 Å². The smallest absolute Gasteiger partial charge is 0.330 e. The van der Waals surface area contributed by atoms with E-state index in [0.29, 0.717) is 11.7 Å². The molecule has 0 atom stereocenters. The molecule has 126 valence electrons. The molecule has 3 aromatic heterocycles. The second-order valence-electron chi connectivity index (χ2n) is 6.40. The van der Waals surface area contributed by atoms with E-state index in [-0.39, 0.29) is 11.7 Å². The molecule has 1 N–H and O–H groups in total. The fourth-order valence-corrected chi connectivity index (χ4v) is 4.39. The van der Waals surface area contributed by atoms with E-state index in [1.54, 1.807) is 33.7 Å². The van der Waals surface area contributed by atoms with E-state index in [2.05, 4.69) is 26.3 Å². The minimum Gasteiger partial charge on any atom is -0.359 e. The summed E-state index contributed by atoms with van der Waals surface area (Å²) in [6.07, 6.45) is 4.96. The van der Waals surface area contributed by atoms with Gasteiger partial charge in [0.15, 0.2) is 10.8 Å². The molecule has 8 heteroatoms. The Bertz CT molecular complexity index is 1100. The molecule has 1 aliphatic carbocycles. The van der Waals surface area contributed by atoms with Crippen molar-refractivity contribution < 1.29 is 0 Å². The molecule has 0 bridgehead atoms. The van der Waals surface area contributed by atoms with Gasteiger partial charge < -0.3 is 5.32 Å². The quantitative estimate of drug-likeness (QED) is 0.613. The molecule has 0 unspecified atom stereocenters. The Hall–Kier alpha value is -2.74. The van der Waals surface area contributed by atoms with Gasteiger partial charge in [0.25, 0.3) is 0 Å². The summed E-state index contributed by atoms with van der Waals surface area (Å²) in [4.78, 5) is 25.5. The maximum Gasteiger partial charge on any atom is 0.330 e. The number of imidazole rings is 1. The summed E-state index contributed by atoms with van der Waals surface area (Å²) < 4.78 is 4.60. The monoisotopic (exact) mass is 352 g/mol. The summed E-state index contributed by atoms with van der Waals surface area (Å²) in [7, 11) is 1.76. The number of hydrogen-bond donors (Lipinski definition) is 1. The first-order valence-electron chi connectivity index (χ1n) is 8.20. The number of aromatic nitrogens is 5. The van der Waals surface area contributed by atoms with Crippen molar-refractivity contribution >= 4 is 37.8 Å². The highest BCUT2D eigenvalue weighted by atomic mass is 32.1. The Morgan fingerprint density at radius 1 is 1.28 bits per heavy atom. The Morgan fingerprint density at radius 3 is 2.96 bits per heavy atom. The van der Waals surface area contributed by atoms with Crippen molar-refractivity contribution in [2.45, 2.75) is 24.9 Å². The van der Waals surface area contributed by atoms with Gasteiger partial charge in [-0.15, -0.1) is 0 Å². The zero-order chi connectivity index (χ0) is 17.0. The van der Waals surface area contributed by atoms with Crippen LogP contribution in [0.5, 0.6) is 0 Å². The third kappa shape index (κ3) is 2.25. The van der Waals surface area contributed by atoms with E-state index in [1.165, 1.54) is 11.0 Å². The highest BCUT2D eigenvalue weighted by Crippen LogP contribution is 2.36. The van der Waals surface area contributed by atoms with E-state index in [0.717, 1.165) is 29.0 Å². The zero-order valence-corrected chi connectivity index (χ0v) is 14.4. The summed E-state index contributed by atoms with van der Waals surface area (Å²) in [5, 5.41) is 4.44. The highest BCUT2D eigenvalue weighted by molar-refractivity contribution is 7.22. The molecule has 1 aromatic carbocycles. The summed E-state index contributed by atoms with van der Waals surface area (Å²) >= 11 is 1.67. The fraction of sp³-hybridized carbons (Fsp3) is 0.294. The lowest BCUT2D eigenvalue weighted by Gasteiger charge is -2.36. The normalized spacial score (nSPS) is 20.0. The number of nitrogens with zero attached hydrogens (tertiary/aromatic N) is 5. The number of hydrogen-bond acceptors (Lipinski definition) is 6. The van der Waals surface area contributed by atoms with Crippen LogP contribution in [0.15, 0.2) is 41.6 Å². The Morgan fingerprint density at radius 2 is 2.12 bits per heavy atom. The predicted molar refractivity (Wildman–Crippen MR) is 98.1 cm³/mol. The predicted octanol–water partition coefficient (Wildman–Crippen LogP) is 2.56. The number of aryl methyl sites for hydroxylation is 1. The second kappa shape index (κ2) is 5.38. The maximum absolute atomic E-state index is 12.5. The van der Waals surface area contributed by atoms with Crippen molar-refractivity contribution in [1.29, 1.82) is 0 Å². The molecule has 0 radical (unpaired) electrons. The summed E-state index contributed by atoms with van der Waals surface area (Å²) in [6.45, 7) is 0. The molecule has 7 nitrogen and oxygen atoms in total. The fourth-order valence-electron chi connectivity index (χ4n) is 3.45. The molecule has 3 heterocycles. The Labute approximate surface area is 147 Å². The molecular formula is C17H16N6OS. The molecule has 4 aromatic rings. The molecule has 1 aliphatic rings. The minimum atomic E-state index is -0.0288. The largest absolute Gasteiger partial charge is 0.359 e. The minimum absolute atomic E-state index is 0.0288. The third-order valence-corrected chi connectivity index (χ3v) is 5.82. The average molecular weight is 352 g/mol. The number of nitrogens with one attached hydrogen (secondary N) is 1. The average Bonchev–Trinajstić information content (AvgIpc) is 3.11. The van der Waals surface area contributed by atoms with Crippen LogP contribution < -0.4 is 11.0 Å². The van der Waals surface area contributed by atoms with Gasteiger partial charge in [0.1, 0.15) is 11.8 Å². The van der Waals surface area contributed by atoms with Crippen molar-refractivity contribution in [3.8, 4) is 0 Å². The van der Waals surface area contributed by atoms with Crippen LogP contribution in [0.1, 0.15) is 18.9 Å². The molecule has 5 rings (SSSR count). The molecule has 0 amide bonds. The number of anilines is 1. The first-order valence-corrected chi connectivity index (χ1v) is 9.01. The maximum atomic E-state index is 12.5. The summed E-state index contributed by atoms with van der Waals surface area (Å²) in [6, 6.07) is 8.62. The van der Waals surface area contributed by atoms with E-state index in [1.807, 2.05) is 18.2 Å². The lowest BCUT2D eigenvalue weighted by atomic mass is 9.86. The third-order valence-electron chi connectivity index (χ3n) is 4.85. The van der Waals surface area contributed by atoms with Gasteiger partial charge in [0, 0.05) is 19.1 Å². The summed E-state index contributed by atoms with van der Waals surface area (Å²) in [5.74, 6) is 0. The van der Waals surface area contributed by atoms with Gasteiger partial charge >= 0.3 is 5.69 Å². The van der Waals surface area contributed by atoms with Crippen LogP contribution in [-0.2, 0) is 7.05 Å². The Balaban J connectivity index is 1.37. The van der Waals surface area contributed by atoms with Crippen LogP contribution in [0.25, 0.3) is 21.4 Å². The van der Waals surface area contributed by atoms with Crippen LogP contribution in [-0.4, -0.2) is 30.1 Å². The van der Waals surface area contributed by atoms with Crippen molar-refractivity contribution in [3.05, 3.63) is 47.3 Å². The standard InChI is InChI=1S/C17H16N6OS/c1-22-13-8-18-9-19-15(13)23(17(22)24)11-6-10(7-11)20-16-21-12-4-2-3-5-14(12)25-16/h2-5,8-11H,6-7H2,1H3,(H,20,21)/t10-,11-. The molecule has 25 heavy (non-hydrogen) atoms. The highest BCUT2D eigenvalue weighted by Gasteiger charge is 2.34. The number of thiazole rings is 1. The van der Waals surface area contributed by atoms with E-state index >= 15 is 0 Å². The van der Waals surface area contributed by atoms with Gasteiger partial charge in [-0.05, 0) is 25.0 Å². The first-order chi connectivity index (χ1) is 12.2. The van der Waals surface area contributed by atoms with Gasteiger partial charge in [-0.25, -0.2) is 19.7 Å². The van der Waals surface area contributed by atoms with Gasteiger partial charge in [-0.3, -0.25) is 9.13 Å². The van der Waals surface area contributed by atoms with Crippen molar-refractivity contribution in [2.24, 2.45) is 7.05 Å². The van der Waals surface area contributed by atoms with Crippen molar-refractivity contribution in [2.75, 3.05) is 5.32 Å². The van der Waals surface area contributed by atoms with Crippen LogP contribution in [0.2, 0.25) is 0 Å². The van der Waals surface area contributed by atoms with E-state index < -0.39 is 0 Å². The van der Waals surface area contributed by atoms with Gasteiger partial charge in [0.05, 0.1) is 16.4 Å². The van der Waals surface area contributed by atoms with Crippen LogP contribution >= 0.6 is 11.3 Å². The number of benzene rings is 1. The molecule has 0 saturated heterocycles. The summed E-state index contributed by atoms with van der Waals surface area (Å²) in [5.41, 5.74) is 2.48. The molecule has 1 fully saturated rings. The number of fused-ring (bicyclic) bond motifs is 2. The topological polar surface area (TPSA) is 77.6 Å². The molecule has 1 saturated carbocycles. The van der Waals surface area contributed by atoms with Gasteiger partial charge in [0.2, 0.25) is 0 Å². The van der Waals surface area contributed by atoms with Crippen LogP contribution in [0, 0.1) is 0 Å². The lowest BCUT2D eigenvalue weighted by Crippen LogP contribution is -2.40. The first kappa shape index (κ1) is 14.6.